The van der Waals surface area contributed by atoms with E-state index in [-0.39, 0.29) is 12.1 Å². The highest BCUT2D eigenvalue weighted by Crippen LogP contribution is 2.44. The summed E-state index contributed by atoms with van der Waals surface area (Å²) < 4.78 is 58.2. The largest absolute Gasteiger partial charge is 0.416 e. The van der Waals surface area contributed by atoms with Gasteiger partial charge in [-0.3, -0.25) is 0 Å². The van der Waals surface area contributed by atoms with E-state index in [0.717, 1.165) is 6.07 Å². The van der Waals surface area contributed by atoms with Gasteiger partial charge in [0.2, 0.25) is 0 Å². The predicted molar refractivity (Wildman–Crippen MR) is 66.9 cm³/mol. The standard InChI is InChI=1S/C13H14ClF4NO/c1-12(6-19)3-2-11(20-12)7-4-10(15)9(14)5-8(7)13(16,17)18/h4-5,11H,2-3,6,19H2,1H3/t11-,12+/m1/s1. The molecule has 2 rings (SSSR count). The minimum absolute atomic E-state index is 0.195. The molecule has 0 unspecified atom stereocenters. The minimum atomic E-state index is -4.61. The highest BCUT2D eigenvalue weighted by molar-refractivity contribution is 6.30. The van der Waals surface area contributed by atoms with Crippen molar-refractivity contribution in [2.24, 2.45) is 5.73 Å². The van der Waals surface area contributed by atoms with Crippen LogP contribution in [0.4, 0.5) is 17.6 Å². The van der Waals surface area contributed by atoms with Gasteiger partial charge in [0.15, 0.2) is 0 Å². The minimum Gasteiger partial charge on any atom is -0.366 e. The molecule has 2 N–H and O–H groups in total. The zero-order valence-electron chi connectivity index (χ0n) is 10.7. The summed E-state index contributed by atoms with van der Waals surface area (Å²) in [6.45, 7) is 1.92. The van der Waals surface area contributed by atoms with E-state index in [9.17, 15) is 17.6 Å². The molecular weight excluding hydrogens is 298 g/mol. The van der Waals surface area contributed by atoms with Crippen molar-refractivity contribution in [1.82, 2.24) is 0 Å². The van der Waals surface area contributed by atoms with Gasteiger partial charge in [0.25, 0.3) is 0 Å². The van der Waals surface area contributed by atoms with Crippen LogP contribution < -0.4 is 5.73 Å². The first kappa shape index (κ1) is 15.5. The average molecular weight is 312 g/mol. The number of benzene rings is 1. The topological polar surface area (TPSA) is 35.2 Å². The number of hydrogen-bond acceptors (Lipinski definition) is 2. The third kappa shape index (κ3) is 2.92. The number of hydrogen-bond donors (Lipinski definition) is 1. The van der Waals surface area contributed by atoms with Crippen LogP contribution in [0.2, 0.25) is 5.02 Å². The molecular formula is C13H14ClF4NO. The smallest absolute Gasteiger partial charge is 0.366 e. The van der Waals surface area contributed by atoms with E-state index in [4.69, 9.17) is 22.1 Å². The summed E-state index contributed by atoms with van der Waals surface area (Å²) in [5, 5.41) is -0.555. The predicted octanol–water partition coefficient (Wildman–Crippen LogP) is 4.07. The van der Waals surface area contributed by atoms with E-state index in [1.165, 1.54) is 0 Å². The maximum Gasteiger partial charge on any atom is 0.416 e. The molecule has 2 atom stereocenters. The molecule has 1 heterocycles. The molecule has 0 radical (unpaired) electrons. The van der Waals surface area contributed by atoms with Crippen LogP contribution in [-0.2, 0) is 10.9 Å². The molecule has 1 aromatic rings. The number of ether oxygens (including phenoxy) is 1. The Kier molecular flexibility index (Phi) is 4.01. The Morgan fingerprint density at radius 2 is 2.10 bits per heavy atom. The van der Waals surface area contributed by atoms with Crippen molar-refractivity contribution >= 4 is 11.6 Å². The molecule has 1 aliphatic rings. The highest BCUT2D eigenvalue weighted by atomic mass is 35.5. The van der Waals surface area contributed by atoms with Gasteiger partial charge in [-0.25, -0.2) is 4.39 Å². The lowest BCUT2D eigenvalue weighted by molar-refractivity contribution is -0.140. The molecule has 1 fully saturated rings. The third-order valence-electron chi connectivity index (χ3n) is 3.54. The van der Waals surface area contributed by atoms with Crippen molar-refractivity contribution in [3.8, 4) is 0 Å². The first-order valence-electron chi connectivity index (χ1n) is 6.10. The lowest BCUT2D eigenvalue weighted by Crippen LogP contribution is -2.33. The molecule has 20 heavy (non-hydrogen) atoms. The molecule has 2 nitrogen and oxygen atoms in total. The Hall–Kier alpha value is -0.850. The van der Waals surface area contributed by atoms with Crippen molar-refractivity contribution < 1.29 is 22.3 Å². The molecule has 0 spiro atoms. The Balaban J connectivity index is 2.44. The molecule has 1 aromatic carbocycles. The summed E-state index contributed by atoms with van der Waals surface area (Å²) in [5.74, 6) is -0.889. The van der Waals surface area contributed by atoms with Crippen LogP contribution in [0.3, 0.4) is 0 Å². The third-order valence-corrected chi connectivity index (χ3v) is 3.83. The van der Waals surface area contributed by atoms with E-state index in [0.29, 0.717) is 18.9 Å². The van der Waals surface area contributed by atoms with Crippen LogP contribution >= 0.6 is 11.6 Å². The quantitative estimate of drug-likeness (QED) is 0.836. The van der Waals surface area contributed by atoms with Crippen LogP contribution in [0.25, 0.3) is 0 Å². The second-order valence-corrected chi connectivity index (χ2v) is 5.56. The van der Waals surface area contributed by atoms with E-state index in [2.05, 4.69) is 0 Å². The molecule has 7 heteroatoms. The fourth-order valence-electron chi connectivity index (χ4n) is 2.34. The second-order valence-electron chi connectivity index (χ2n) is 5.15. The second kappa shape index (κ2) is 5.16. The number of halogens is 5. The SMILES string of the molecule is C[C@@]1(CN)CC[C@H](c2cc(F)c(Cl)cc2C(F)(F)F)O1. The van der Waals surface area contributed by atoms with E-state index < -0.39 is 34.3 Å². The van der Waals surface area contributed by atoms with E-state index >= 15 is 0 Å². The summed E-state index contributed by atoms with van der Waals surface area (Å²) in [5.41, 5.74) is 3.68. The van der Waals surface area contributed by atoms with Crippen LogP contribution in [0, 0.1) is 5.82 Å². The van der Waals surface area contributed by atoms with Gasteiger partial charge < -0.3 is 10.5 Å². The normalized spacial score (nSPS) is 27.1. The van der Waals surface area contributed by atoms with E-state index in [1.807, 2.05) is 0 Å². The monoisotopic (exact) mass is 311 g/mol. The van der Waals surface area contributed by atoms with Crippen LogP contribution in [-0.4, -0.2) is 12.1 Å². The summed E-state index contributed by atoms with van der Waals surface area (Å²) >= 11 is 5.45. The lowest BCUT2D eigenvalue weighted by atomic mass is 9.97. The molecule has 0 bridgehead atoms. The number of alkyl halides is 3. The maximum atomic E-state index is 13.5. The molecule has 0 aromatic heterocycles. The average Bonchev–Trinajstić information content (AvgIpc) is 2.74. The zero-order valence-corrected chi connectivity index (χ0v) is 11.5. The van der Waals surface area contributed by atoms with Crippen LogP contribution in [0.15, 0.2) is 12.1 Å². The van der Waals surface area contributed by atoms with Gasteiger partial charge in [0.05, 0.1) is 22.3 Å². The summed E-state index contributed by atoms with van der Waals surface area (Å²) in [6, 6.07) is 1.41. The van der Waals surface area contributed by atoms with Crippen LogP contribution in [0.1, 0.15) is 37.0 Å². The molecule has 0 amide bonds. The molecule has 1 aliphatic heterocycles. The summed E-state index contributed by atoms with van der Waals surface area (Å²) in [7, 11) is 0. The fraction of sp³-hybridized carbons (Fsp3) is 0.538. The highest BCUT2D eigenvalue weighted by Gasteiger charge is 2.41. The van der Waals surface area contributed by atoms with Gasteiger partial charge in [-0.15, -0.1) is 0 Å². The lowest BCUT2D eigenvalue weighted by Gasteiger charge is -2.24. The Bertz CT molecular complexity index is 520. The van der Waals surface area contributed by atoms with Crippen molar-refractivity contribution in [3.63, 3.8) is 0 Å². The zero-order chi connectivity index (χ0) is 15.1. The molecule has 112 valence electrons. The van der Waals surface area contributed by atoms with Gasteiger partial charge >= 0.3 is 6.18 Å². The number of rotatable bonds is 2. The molecule has 1 saturated heterocycles. The Morgan fingerprint density at radius 3 is 2.60 bits per heavy atom. The first-order valence-corrected chi connectivity index (χ1v) is 6.48. The van der Waals surface area contributed by atoms with Crippen LogP contribution in [0.5, 0.6) is 0 Å². The molecule has 0 aliphatic carbocycles. The Morgan fingerprint density at radius 1 is 1.45 bits per heavy atom. The van der Waals surface area contributed by atoms with Crippen molar-refractivity contribution in [2.45, 2.75) is 37.6 Å². The van der Waals surface area contributed by atoms with Gasteiger partial charge in [-0.1, -0.05) is 11.6 Å². The summed E-state index contributed by atoms with van der Waals surface area (Å²) in [4.78, 5) is 0. The van der Waals surface area contributed by atoms with Gasteiger partial charge in [-0.2, -0.15) is 13.2 Å². The first-order chi connectivity index (χ1) is 9.16. The van der Waals surface area contributed by atoms with Gasteiger partial charge in [0.1, 0.15) is 5.82 Å². The Labute approximate surface area is 118 Å². The van der Waals surface area contributed by atoms with Crippen molar-refractivity contribution in [1.29, 1.82) is 0 Å². The maximum absolute atomic E-state index is 13.5. The van der Waals surface area contributed by atoms with Gasteiger partial charge in [-0.05, 0) is 37.5 Å². The fourth-order valence-corrected chi connectivity index (χ4v) is 2.50. The number of nitrogens with two attached hydrogens (primary N) is 1. The van der Waals surface area contributed by atoms with E-state index in [1.54, 1.807) is 6.92 Å². The van der Waals surface area contributed by atoms with Crippen molar-refractivity contribution in [2.75, 3.05) is 6.54 Å². The van der Waals surface area contributed by atoms with Gasteiger partial charge in [0, 0.05) is 6.54 Å². The van der Waals surface area contributed by atoms with Crippen molar-refractivity contribution in [3.05, 3.63) is 34.1 Å². The molecule has 0 saturated carbocycles. The summed E-state index contributed by atoms with van der Waals surface area (Å²) in [6.07, 6.45) is -4.56.